The van der Waals surface area contributed by atoms with Crippen LogP contribution in [0, 0.1) is 0 Å². The Hall–Kier alpha value is -2.08. The summed E-state index contributed by atoms with van der Waals surface area (Å²) in [7, 11) is 1.56. The van der Waals surface area contributed by atoms with Gasteiger partial charge >= 0.3 is 5.97 Å². The predicted octanol–water partition coefficient (Wildman–Crippen LogP) is 0.938. The number of rotatable bonds is 4. The quantitative estimate of drug-likeness (QED) is 0.894. The molecular weight excluding hydrogens is 274 g/mol. The highest BCUT2D eigenvalue weighted by molar-refractivity contribution is 5.81. The van der Waals surface area contributed by atoms with Gasteiger partial charge in [0.2, 0.25) is 5.91 Å². The van der Waals surface area contributed by atoms with Crippen molar-refractivity contribution in [3.8, 4) is 5.75 Å². The summed E-state index contributed by atoms with van der Waals surface area (Å²) in [6, 6.07) is 7.30. The van der Waals surface area contributed by atoms with E-state index >= 15 is 0 Å². The van der Waals surface area contributed by atoms with E-state index < -0.39 is 12.1 Å². The summed E-state index contributed by atoms with van der Waals surface area (Å²) in [6.07, 6.45) is -1.07. The zero-order valence-electron chi connectivity index (χ0n) is 12.1. The lowest BCUT2D eigenvalue weighted by Crippen LogP contribution is -2.52. The molecule has 1 aromatic rings. The highest BCUT2D eigenvalue weighted by Gasteiger charge is 2.32. The fraction of sp³-hybridized carbons (Fsp3) is 0.467. The van der Waals surface area contributed by atoms with Crippen LogP contribution in [0.15, 0.2) is 24.3 Å². The summed E-state index contributed by atoms with van der Waals surface area (Å²) in [4.78, 5) is 25.0. The zero-order chi connectivity index (χ0) is 15.4. The third-order valence-electron chi connectivity index (χ3n) is 3.42. The molecule has 2 rings (SSSR count). The topological polar surface area (TPSA) is 76.1 Å². The van der Waals surface area contributed by atoms with E-state index in [9.17, 15) is 9.59 Å². The van der Waals surface area contributed by atoms with E-state index in [1.54, 1.807) is 25.0 Å². The van der Waals surface area contributed by atoms with Gasteiger partial charge in [0.15, 0.2) is 6.10 Å². The van der Waals surface area contributed by atoms with E-state index in [1.165, 1.54) is 0 Å². The summed E-state index contributed by atoms with van der Waals surface area (Å²) in [5.41, 5.74) is 0.788. The van der Waals surface area contributed by atoms with Crippen LogP contribution >= 0.6 is 0 Å². The van der Waals surface area contributed by atoms with Gasteiger partial charge in [0.25, 0.3) is 0 Å². The minimum absolute atomic E-state index is 0.0770. The molecule has 114 valence electrons. The Bertz CT molecular complexity index is 531. The van der Waals surface area contributed by atoms with Crippen molar-refractivity contribution in [1.29, 1.82) is 0 Å². The first-order valence-electron chi connectivity index (χ1n) is 6.79. The van der Waals surface area contributed by atoms with Gasteiger partial charge in [-0.2, -0.15) is 0 Å². The molecule has 1 saturated heterocycles. The molecule has 1 heterocycles. The molecule has 21 heavy (non-hydrogen) atoms. The lowest BCUT2D eigenvalue weighted by atomic mass is 10.1. The van der Waals surface area contributed by atoms with Gasteiger partial charge < -0.3 is 19.5 Å². The Labute approximate surface area is 123 Å². The Morgan fingerprint density at radius 1 is 1.38 bits per heavy atom. The Balaban J connectivity index is 2.07. The van der Waals surface area contributed by atoms with Crippen LogP contribution in [0.2, 0.25) is 0 Å². The smallest absolute Gasteiger partial charge is 0.334 e. The van der Waals surface area contributed by atoms with Gasteiger partial charge in [-0.15, -0.1) is 0 Å². The fourth-order valence-corrected chi connectivity index (χ4v) is 2.42. The second-order valence-electron chi connectivity index (χ2n) is 5.06. The number of benzene rings is 1. The minimum Gasteiger partial charge on any atom is -0.496 e. The van der Waals surface area contributed by atoms with Gasteiger partial charge in [-0.05, 0) is 13.0 Å². The van der Waals surface area contributed by atoms with Crippen molar-refractivity contribution in [2.75, 3.05) is 20.2 Å². The largest absolute Gasteiger partial charge is 0.496 e. The number of ether oxygens (including phenoxy) is 2. The number of amides is 1. The number of hydrogen-bond donors (Lipinski definition) is 1. The number of carboxylic acids is 1. The molecule has 0 bridgehead atoms. The SMILES string of the molecule is COc1ccccc1CC(=O)N1CC(C(=O)O)O[C@H](C)C1. The van der Waals surface area contributed by atoms with Crippen LogP contribution in [-0.2, 0) is 20.7 Å². The zero-order valence-corrected chi connectivity index (χ0v) is 12.1. The average molecular weight is 293 g/mol. The molecule has 1 unspecified atom stereocenters. The minimum atomic E-state index is -1.04. The predicted molar refractivity (Wildman–Crippen MR) is 75.2 cm³/mol. The monoisotopic (exact) mass is 293 g/mol. The molecule has 0 saturated carbocycles. The van der Waals surface area contributed by atoms with Crippen LogP contribution in [0.4, 0.5) is 0 Å². The molecule has 2 atom stereocenters. The van der Waals surface area contributed by atoms with Gasteiger partial charge in [-0.25, -0.2) is 4.79 Å². The number of para-hydroxylation sites is 1. The number of aliphatic carboxylic acids is 1. The van der Waals surface area contributed by atoms with E-state index in [-0.39, 0.29) is 25.0 Å². The summed E-state index contributed by atoms with van der Waals surface area (Å²) in [6.45, 7) is 2.24. The first-order valence-corrected chi connectivity index (χ1v) is 6.79. The number of nitrogens with zero attached hydrogens (tertiary/aromatic N) is 1. The first-order chi connectivity index (χ1) is 10.0. The van der Waals surface area contributed by atoms with Gasteiger partial charge in [-0.1, -0.05) is 18.2 Å². The molecule has 6 nitrogen and oxygen atoms in total. The standard InChI is InChI=1S/C15H19NO5/c1-10-8-16(9-13(21-10)15(18)19)14(17)7-11-5-3-4-6-12(11)20-2/h3-6,10,13H,7-9H2,1-2H3,(H,18,19)/t10-,13?/m1/s1. The van der Waals surface area contributed by atoms with Crippen LogP contribution in [0.25, 0.3) is 0 Å². The van der Waals surface area contributed by atoms with Crippen LogP contribution in [0.5, 0.6) is 5.75 Å². The Morgan fingerprint density at radius 2 is 2.10 bits per heavy atom. The normalized spacial score (nSPS) is 21.9. The van der Waals surface area contributed by atoms with E-state index in [0.29, 0.717) is 12.3 Å². The van der Waals surface area contributed by atoms with Crippen molar-refractivity contribution in [3.05, 3.63) is 29.8 Å². The van der Waals surface area contributed by atoms with Crippen molar-refractivity contribution in [1.82, 2.24) is 4.90 Å². The molecule has 1 fully saturated rings. The van der Waals surface area contributed by atoms with Crippen LogP contribution in [0.1, 0.15) is 12.5 Å². The third kappa shape index (κ3) is 3.72. The van der Waals surface area contributed by atoms with Crippen LogP contribution in [-0.4, -0.2) is 54.3 Å². The highest BCUT2D eigenvalue weighted by atomic mass is 16.5. The number of morpholine rings is 1. The second kappa shape index (κ2) is 6.58. The first kappa shape index (κ1) is 15.3. The molecule has 1 aromatic carbocycles. The van der Waals surface area contributed by atoms with Crippen molar-refractivity contribution < 1.29 is 24.2 Å². The summed E-state index contributed by atoms with van der Waals surface area (Å²) in [5.74, 6) is -0.514. The summed E-state index contributed by atoms with van der Waals surface area (Å²) < 4.78 is 10.5. The van der Waals surface area contributed by atoms with Gasteiger partial charge in [0.1, 0.15) is 5.75 Å². The second-order valence-corrected chi connectivity index (χ2v) is 5.06. The molecule has 0 aliphatic carbocycles. The molecule has 0 aromatic heterocycles. The maximum Gasteiger partial charge on any atom is 0.334 e. The van der Waals surface area contributed by atoms with Crippen molar-refractivity contribution in [2.45, 2.75) is 25.6 Å². The van der Waals surface area contributed by atoms with E-state index in [4.69, 9.17) is 14.6 Å². The van der Waals surface area contributed by atoms with Gasteiger partial charge in [0, 0.05) is 12.1 Å². The van der Waals surface area contributed by atoms with Crippen LogP contribution < -0.4 is 4.74 Å². The molecule has 0 spiro atoms. The van der Waals surface area contributed by atoms with E-state index in [2.05, 4.69) is 0 Å². The van der Waals surface area contributed by atoms with Crippen LogP contribution in [0.3, 0.4) is 0 Å². The average Bonchev–Trinajstić information content (AvgIpc) is 2.47. The number of carboxylic acid groups (broad SMARTS) is 1. The number of carbonyl (C=O) groups excluding carboxylic acids is 1. The van der Waals surface area contributed by atoms with Crippen molar-refractivity contribution in [2.24, 2.45) is 0 Å². The maximum atomic E-state index is 12.4. The summed E-state index contributed by atoms with van der Waals surface area (Å²) in [5, 5.41) is 9.04. The molecule has 1 N–H and O–H groups in total. The number of hydrogen-bond acceptors (Lipinski definition) is 4. The van der Waals surface area contributed by atoms with E-state index in [0.717, 1.165) is 5.56 Å². The molecule has 0 radical (unpaired) electrons. The molecule has 1 amide bonds. The highest BCUT2D eigenvalue weighted by Crippen LogP contribution is 2.20. The molecule has 1 aliphatic rings. The Morgan fingerprint density at radius 3 is 2.76 bits per heavy atom. The van der Waals surface area contributed by atoms with E-state index in [1.807, 2.05) is 18.2 Å². The lowest BCUT2D eigenvalue weighted by Gasteiger charge is -2.35. The van der Waals surface area contributed by atoms with Crippen molar-refractivity contribution >= 4 is 11.9 Å². The fourth-order valence-electron chi connectivity index (χ4n) is 2.42. The van der Waals surface area contributed by atoms with Gasteiger partial charge in [0.05, 0.1) is 26.2 Å². The summed E-state index contributed by atoms with van der Waals surface area (Å²) >= 11 is 0. The third-order valence-corrected chi connectivity index (χ3v) is 3.42. The number of carbonyl (C=O) groups is 2. The number of methoxy groups -OCH3 is 1. The Kier molecular flexibility index (Phi) is 4.80. The van der Waals surface area contributed by atoms with Gasteiger partial charge in [-0.3, -0.25) is 4.79 Å². The van der Waals surface area contributed by atoms with Crippen molar-refractivity contribution in [3.63, 3.8) is 0 Å². The molecule has 1 aliphatic heterocycles. The maximum absolute atomic E-state index is 12.4. The molecular formula is C15H19NO5. The molecule has 6 heteroatoms. The lowest BCUT2D eigenvalue weighted by molar-refractivity contribution is -0.166.